The van der Waals surface area contributed by atoms with E-state index in [4.69, 9.17) is 9.90 Å². The van der Waals surface area contributed by atoms with Crippen LogP contribution >= 0.6 is 0 Å². The van der Waals surface area contributed by atoms with E-state index in [-0.39, 0.29) is 126 Å². The number of hydrogen-bond acceptors (Lipinski definition) is 6. The Labute approximate surface area is 318 Å². The monoisotopic (exact) mass is 605 g/mol. The van der Waals surface area contributed by atoms with Crippen LogP contribution in [0.4, 0.5) is 0 Å². The second-order valence-electron chi connectivity index (χ2n) is 9.10. The Hall–Kier alpha value is 2.19. The Balaban J connectivity index is -0.000000119. The average Bonchev–Trinajstić information content (AvgIpc) is 2.76. The van der Waals surface area contributed by atoms with Crippen molar-refractivity contribution in [2.45, 2.75) is 162 Å². The Morgan fingerprint density at radius 3 is 0.730 bits per heavy atom. The molecule has 0 aromatic carbocycles. The van der Waals surface area contributed by atoms with Crippen molar-refractivity contribution in [3.8, 4) is 0 Å². The van der Waals surface area contributed by atoms with Crippen LogP contribution in [0, 0.1) is 0 Å². The van der Waals surface area contributed by atoms with Crippen molar-refractivity contribution < 1.29 is 29.7 Å². The van der Waals surface area contributed by atoms with Gasteiger partial charge in [0.2, 0.25) is 0 Å². The topological polar surface area (TPSA) is 120 Å². The minimum absolute atomic E-state index is 0. The van der Waals surface area contributed by atoms with Gasteiger partial charge in [0.25, 0.3) is 0 Å². The van der Waals surface area contributed by atoms with Crippen LogP contribution in [-0.2, 0) is 14.4 Å². The molecule has 0 saturated heterocycles. The maximum atomic E-state index is 10.2. The number of carbonyl (C=O) groups excluding carboxylic acids is 3. The van der Waals surface area contributed by atoms with Crippen molar-refractivity contribution in [2.75, 3.05) is 0 Å². The molecule has 204 valence electrons. The first-order chi connectivity index (χ1) is 16.3. The first-order valence-corrected chi connectivity index (χ1v) is 13.8. The molecule has 0 amide bonds. The van der Waals surface area contributed by atoms with Crippen LogP contribution in [0.3, 0.4) is 0 Å². The minimum Gasteiger partial charge on any atom is -0.550 e. The molecule has 0 bridgehead atoms. The van der Waals surface area contributed by atoms with Gasteiger partial charge in [-0.2, -0.15) is 0 Å². The Morgan fingerprint density at radius 2 is 0.568 bits per heavy atom. The molecule has 0 atom stereocenters. The molecule has 0 aromatic rings. The van der Waals surface area contributed by atoms with Gasteiger partial charge in [-0.1, -0.05) is 129 Å². The van der Waals surface area contributed by atoms with Crippen LogP contribution in [0.25, 0.3) is 0 Å². The zero-order chi connectivity index (χ0) is 26.3. The van der Waals surface area contributed by atoms with E-state index in [1.807, 2.05) is 0 Å². The third-order valence-corrected chi connectivity index (χ3v) is 5.47. The van der Waals surface area contributed by atoms with Crippen LogP contribution in [0.15, 0.2) is 0 Å². The summed E-state index contributed by atoms with van der Waals surface area (Å²) in [6.45, 7) is 5.38. The van der Waals surface area contributed by atoms with Crippen molar-refractivity contribution in [1.29, 1.82) is 0 Å². The zero-order valence-corrected chi connectivity index (χ0v) is 31.3. The molecule has 9 heteroatoms. The summed E-state index contributed by atoms with van der Waals surface area (Å²) in [7, 11) is 0. The predicted octanol–water partition coefficient (Wildman–Crippen LogP) is 3.71. The van der Waals surface area contributed by atoms with Crippen LogP contribution in [-0.4, -0.2) is 131 Å². The van der Waals surface area contributed by atoms with E-state index in [1.165, 1.54) is 96.3 Å². The fraction of sp³-hybridized carbons (Fsp3) is 0.893. The molecule has 0 unspecified atom stereocenters. The average molecular weight is 606 g/mol. The molecular weight excluding hydrogens is 553 g/mol. The third-order valence-electron chi connectivity index (χ3n) is 5.47. The second-order valence-corrected chi connectivity index (χ2v) is 9.10. The summed E-state index contributed by atoms with van der Waals surface area (Å²) in [5.74, 6) is -2.91. The standard InChI is InChI=1S/C18H36O2.C8H16O2.C2H4O2.3Ca/c1-2-3-4-5-6-7-8-9-10-11-12-13-14-15-16-17-18(19)20;1-2-3-4-5-6-7-8(9)10;1-2(3)4;;;/h2-17H2,1H3,(H,19,20);2-7H2,1H3,(H,9,10);1H3,(H,3,4);;;/q;;;3*+2/p-3. The van der Waals surface area contributed by atoms with E-state index in [0.29, 0.717) is 0 Å². The summed E-state index contributed by atoms with van der Waals surface area (Å²) in [5, 5.41) is 29.0. The molecule has 6 nitrogen and oxygen atoms in total. The summed E-state index contributed by atoms with van der Waals surface area (Å²) in [4.78, 5) is 29.0. The van der Waals surface area contributed by atoms with Gasteiger partial charge in [0.05, 0.1) is 0 Å². The molecule has 0 aromatic heterocycles. The van der Waals surface area contributed by atoms with Gasteiger partial charge in [-0.3, -0.25) is 0 Å². The normalized spacial score (nSPS) is 9.16. The molecule has 0 radical (unpaired) electrons. The van der Waals surface area contributed by atoms with Gasteiger partial charge in [0.1, 0.15) is 0 Å². The van der Waals surface area contributed by atoms with E-state index in [1.54, 1.807) is 0 Å². The quantitative estimate of drug-likeness (QED) is 0.137. The van der Waals surface area contributed by atoms with Crippen molar-refractivity contribution in [3.63, 3.8) is 0 Å². The molecular formula is C28H53Ca3O6+3. The first-order valence-electron chi connectivity index (χ1n) is 13.8. The SMILES string of the molecule is CC(=O)[O-].CCCCCCCC(=O)[O-].CCCCCCCCCCCCCCCCCC(=O)[O-].[Ca+2].[Ca+2].[Ca+2]. The number of aliphatic carboxylic acids is 3. The predicted molar refractivity (Wildman–Crippen MR) is 151 cm³/mol. The molecule has 0 spiro atoms. The number of carbonyl (C=O) groups is 3. The third kappa shape index (κ3) is 72.9. The van der Waals surface area contributed by atoms with E-state index >= 15 is 0 Å². The summed E-state index contributed by atoms with van der Waals surface area (Å²) in [6, 6.07) is 0. The van der Waals surface area contributed by atoms with Crippen LogP contribution in [0.5, 0.6) is 0 Å². The summed E-state index contributed by atoms with van der Waals surface area (Å²) < 4.78 is 0. The van der Waals surface area contributed by atoms with Gasteiger partial charge in [-0.05, 0) is 32.6 Å². The second kappa shape index (κ2) is 47.9. The van der Waals surface area contributed by atoms with Crippen molar-refractivity contribution >= 4 is 131 Å². The van der Waals surface area contributed by atoms with Gasteiger partial charge in [0, 0.05) is 17.9 Å². The minimum atomic E-state index is -1.08. The first kappa shape index (κ1) is 51.9. The maximum absolute atomic E-state index is 10.2. The van der Waals surface area contributed by atoms with Crippen molar-refractivity contribution in [2.24, 2.45) is 0 Å². The van der Waals surface area contributed by atoms with E-state index in [9.17, 15) is 19.8 Å². The number of carboxylic acid groups (broad SMARTS) is 3. The van der Waals surface area contributed by atoms with Crippen LogP contribution in [0.2, 0.25) is 0 Å². The van der Waals surface area contributed by atoms with Gasteiger partial charge in [0.15, 0.2) is 0 Å². The molecule has 0 N–H and O–H groups in total. The van der Waals surface area contributed by atoms with Gasteiger partial charge >= 0.3 is 113 Å². The molecule has 0 aliphatic heterocycles. The van der Waals surface area contributed by atoms with Gasteiger partial charge in [-0.25, -0.2) is 0 Å². The van der Waals surface area contributed by atoms with Crippen molar-refractivity contribution in [1.82, 2.24) is 0 Å². The molecule has 0 rings (SSSR count). The number of carboxylic acids is 3. The van der Waals surface area contributed by atoms with E-state index in [0.717, 1.165) is 39.0 Å². The Bertz CT molecular complexity index is 448. The van der Waals surface area contributed by atoms with E-state index in [2.05, 4.69) is 13.8 Å². The van der Waals surface area contributed by atoms with Crippen LogP contribution < -0.4 is 15.3 Å². The number of unbranched alkanes of at least 4 members (excludes halogenated alkanes) is 18. The number of hydrogen-bond donors (Lipinski definition) is 0. The van der Waals surface area contributed by atoms with E-state index < -0.39 is 17.9 Å². The summed E-state index contributed by atoms with van der Waals surface area (Å²) >= 11 is 0. The molecule has 0 saturated carbocycles. The zero-order valence-electron chi connectivity index (χ0n) is 24.6. The smallest absolute Gasteiger partial charge is 0.550 e. The molecule has 0 aliphatic carbocycles. The summed E-state index contributed by atoms with van der Waals surface area (Å²) in [5.41, 5.74) is 0. The summed E-state index contributed by atoms with van der Waals surface area (Å²) in [6.07, 6.45) is 25.5. The Kier molecular flexibility index (Phi) is 67.2. The Morgan fingerprint density at radius 1 is 0.405 bits per heavy atom. The van der Waals surface area contributed by atoms with Gasteiger partial charge in [-0.15, -0.1) is 0 Å². The largest absolute Gasteiger partial charge is 2.00 e. The molecule has 0 fully saturated rings. The maximum Gasteiger partial charge on any atom is 2.00 e. The van der Waals surface area contributed by atoms with Crippen molar-refractivity contribution in [3.05, 3.63) is 0 Å². The van der Waals surface area contributed by atoms with Crippen LogP contribution in [0.1, 0.15) is 162 Å². The molecule has 37 heavy (non-hydrogen) atoms. The number of rotatable bonds is 22. The molecule has 0 heterocycles. The van der Waals surface area contributed by atoms with Gasteiger partial charge < -0.3 is 29.7 Å². The fourth-order valence-electron chi connectivity index (χ4n) is 3.51. The molecule has 0 aliphatic rings. The fourth-order valence-corrected chi connectivity index (χ4v) is 3.51.